The Morgan fingerprint density at radius 2 is 1.00 bits per heavy atom. The number of H-pyrrole nitrogens is 3. The summed E-state index contributed by atoms with van der Waals surface area (Å²) >= 11 is 1.67. The molecule has 10 rings (SSSR count). The minimum Gasteiger partial charge on any atom is -0.360 e. The van der Waals surface area contributed by atoms with Crippen LogP contribution in [-0.2, 0) is 23.7 Å². The number of nitrogens with one attached hydrogen (secondary N) is 3. The molecule has 0 fully saturated rings. The van der Waals surface area contributed by atoms with E-state index in [1.54, 1.807) is 17.5 Å². The van der Waals surface area contributed by atoms with Crippen LogP contribution in [0.1, 0.15) is 44.5 Å². The number of aromatic nitrogens is 5. The fraction of sp³-hybridized carbons (Fsp3) is 0.0870. The maximum absolute atomic E-state index is 4.40. The Morgan fingerprint density at radius 3 is 1.42 bits per heavy atom. The van der Waals surface area contributed by atoms with Crippen molar-refractivity contribution in [3.8, 4) is 22.1 Å². The fourth-order valence-corrected chi connectivity index (χ4v) is 8.65. The van der Waals surface area contributed by atoms with E-state index in [4.69, 9.17) is 0 Å². The average Bonchev–Trinajstić information content (AvgIpc) is 4.07. The summed E-state index contributed by atoms with van der Waals surface area (Å²) in [5.41, 5.74) is 14.3. The Balaban J connectivity index is 0.000000138. The third kappa shape index (κ3) is 5.58. The molecule has 0 aliphatic heterocycles. The molecule has 0 radical (unpaired) electrons. The summed E-state index contributed by atoms with van der Waals surface area (Å²) in [6.45, 7) is 0. The molecule has 0 saturated carbocycles. The molecule has 0 saturated heterocycles. The van der Waals surface area contributed by atoms with Gasteiger partial charge in [-0.15, -0.1) is 11.3 Å². The Kier molecular flexibility index (Phi) is 8.22. The molecule has 0 amide bonds. The second-order valence-electron chi connectivity index (χ2n) is 13.4. The zero-order valence-electron chi connectivity index (χ0n) is 28.5. The van der Waals surface area contributed by atoms with Gasteiger partial charge >= 0.3 is 0 Å². The molecule has 2 aliphatic rings. The Morgan fingerprint density at radius 1 is 0.538 bits per heavy atom. The first-order valence-electron chi connectivity index (χ1n) is 17.6. The van der Waals surface area contributed by atoms with Gasteiger partial charge in [0, 0.05) is 52.9 Å². The Labute approximate surface area is 307 Å². The number of hydrogen-bond acceptors (Lipinski definition) is 3. The first-order chi connectivity index (χ1) is 25.7. The van der Waals surface area contributed by atoms with Crippen molar-refractivity contribution in [1.82, 2.24) is 24.9 Å². The molecule has 252 valence electrons. The smallest absolute Gasteiger partial charge is 0.154 e. The van der Waals surface area contributed by atoms with Crippen molar-refractivity contribution >= 4 is 23.5 Å². The van der Waals surface area contributed by atoms with Crippen molar-refractivity contribution in [2.45, 2.75) is 23.7 Å². The Bertz CT molecular complexity index is 2180. The summed E-state index contributed by atoms with van der Waals surface area (Å²) in [5.74, 6) is 0.878. The van der Waals surface area contributed by atoms with Crippen molar-refractivity contribution in [2.75, 3.05) is 0 Å². The van der Waals surface area contributed by atoms with Crippen LogP contribution < -0.4 is 0 Å². The molecule has 52 heavy (non-hydrogen) atoms. The van der Waals surface area contributed by atoms with Crippen molar-refractivity contribution in [2.24, 2.45) is 0 Å². The number of aromatic amines is 3. The van der Waals surface area contributed by atoms with E-state index in [9.17, 15) is 0 Å². The van der Waals surface area contributed by atoms with E-state index in [0.29, 0.717) is 0 Å². The highest BCUT2D eigenvalue weighted by atomic mass is 32.1. The normalized spacial score (nSPS) is 14.9. The van der Waals surface area contributed by atoms with Gasteiger partial charge in [-0.3, -0.25) is 4.98 Å². The van der Waals surface area contributed by atoms with Gasteiger partial charge < -0.3 is 15.0 Å². The van der Waals surface area contributed by atoms with Crippen LogP contribution in [0.2, 0.25) is 0 Å². The molecular formula is C46H37N5S. The molecule has 3 N–H and O–H groups in total. The number of rotatable bonds is 6. The van der Waals surface area contributed by atoms with Gasteiger partial charge in [0.2, 0.25) is 0 Å². The van der Waals surface area contributed by atoms with Crippen LogP contribution in [0.25, 0.3) is 34.2 Å². The van der Waals surface area contributed by atoms with Crippen LogP contribution in [0.3, 0.4) is 0 Å². The topological polar surface area (TPSA) is 73.2 Å². The standard InChI is InChI=1S/C23H19N3.C23H18N2S/c1-3-7-18(8-4-1)23(19-9-5-2-6-10-19)12-11-20-17(15-23)16-26-21(20)22-24-13-14-25-22;1-3-7-18(8-4-1)23(19-9-5-2-6-10-19)12-11-20-17(13-23)14-25-22(20)21-15-24-16-26-21/h1-14,16,26H,15H2,(H,24,25);1-12,14-16,25H,13H2. The van der Waals surface area contributed by atoms with Crippen LogP contribution in [-0.4, -0.2) is 24.9 Å². The van der Waals surface area contributed by atoms with Gasteiger partial charge in [-0.1, -0.05) is 146 Å². The fourth-order valence-electron chi connectivity index (χ4n) is 8.00. The third-order valence-electron chi connectivity index (χ3n) is 10.6. The summed E-state index contributed by atoms with van der Waals surface area (Å²) in [7, 11) is 0. The molecule has 0 bridgehead atoms. The molecule has 5 nitrogen and oxygen atoms in total. The molecule has 4 aromatic carbocycles. The molecule has 8 aromatic rings. The summed E-state index contributed by atoms with van der Waals surface area (Å²) < 4.78 is 0. The molecular weight excluding hydrogens is 655 g/mol. The predicted octanol–water partition coefficient (Wildman–Crippen LogP) is 10.7. The number of nitrogens with zero attached hydrogens (tertiary/aromatic N) is 2. The van der Waals surface area contributed by atoms with E-state index >= 15 is 0 Å². The van der Waals surface area contributed by atoms with E-state index in [0.717, 1.165) is 24.4 Å². The predicted molar refractivity (Wildman–Crippen MR) is 213 cm³/mol. The van der Waals surface area contributed by atoms with Gasteiger partial charge in [0.1, 0.15) is 0 Å². The lowest BCUT2D eigenvalue weighted by Crippen LogP contribution is -2.30. The van der Waals surface area contributed by atoms with Crippen molar-refractivity contribution in [1.29, 1.82) is 0 Å². The van der Waals surface area contributed by atoms with Gasteiger partial charge in [0.25, 0.3) is 0 Å². The van der Waals surface area contributed by atoms with Gasteiger partial charge in [-0.25, -0.2) is 4.98 Å². The summed E-state index contributed by atoms with van der Waals surface area (Å²) in [4.78, 5) is 19.9. The maximum atomic E-state index is 4.40. The number of allylic oxidation sites excluding steroid dienone is 2. The molecule has 0 atom stereocenters. The second kappa shape index (κ2) is 13.5. The van der Waals surface area contributed by atoms with Crippen LogP contribution in [0.5, 0.6) is 0 Å². The monoisotopic (exact) mass is 691 g/mol. The third-order valence-corrected chi connectivity index (χ3v) is 11.4. The minimum absolute atomic E-state index is 0.136. The van der Waals surface area contributed by atoms with Crippen molar-refractivity contribution in [3.05, 3.63) is 214 Å². The van der Waals surface area contributed by atoms with E-state index in [1.807, 2.05) is 17.9 Å². The zero-order chi connectivity index (χ0) is 34.8. The number of hydrogen-bond donors (Lipinski definition) is 3. The van der Waals surface area contributed by atoms with Crippen LogP contribution in [0.15, 0.2) is 170 Å². The van der Waals surface area contributed by atoms with E-state index < -0.39 is 0 Å². The van der Waals surface area contributed by atoms with Gasteiger partial charge in [0.05, 0.1) is 21.8 Å². The second-order valence-corrected chi connectivity index (χ2v) is 14.3. The first kappa shape index (κ1) is 31.7. The summed E-state index contributed by atoms with van der Waals surface area (Å²) in [6.07, 6.45) is 21.0. The highest BCUT2D eigenvalue weighted by molar-refractivity contribution is 7.13. The average molecular weight is 692 g/mol. The van der Waals surface area contributed by atoms with Gasteiger partial charge in [0.15, 0.2) is 5.82 Å². The minimum atomic E-state index is -0.155. The molecule has 6 heteroatoms. The maximum Gasteiger partial charge on any atom is 0.154 e. The van der Waals surface area contributed by atoms with Crippen molar-refractivity contribution < 1.29 is 0 Å². The first-order valence-corrected chi connectivity index (χ1v) is 18.5. The largest absolute Gasteiger partial charge is 0.360 e. The van der Waals surface area contributed by atoms with Crippen molar-refractivity contribution in [3.63, 3.8) is 0 Å². The number of imidazole rings is 1. The molecule has 2 aliphatic carbocycles. The zero-order valence-corrected chi connectivity index (χ0v) is 29.4. The van der Waals surface area contributed by atoms with E-state index in [-0.39, 0.29) is 10.8 Å². The lowest BCUT2D eigenvalue weighted by Gasteiger charge is -2.35. The summed E-state index contributed by atoms with van der Waals surface area (Å²) in [5, 5.41) is 0. The lowest BCUT2D eigenvalue weighted by molar-refractivity contribution is 0.634. The Hall–Kier alpha value is -6.24. The quantitative estimate of drug-likeness (QED) is 0.162. The number of thiazole rings is 1. The summed E-state index contributed by atoms with van der Waals surface area (Å²) in [6, 6.07) is 43.1. The molecule has 0 unspecified atom stereocenters. The van der Waals surface area contributed by atoms with Crippen LogP contribution in [0, 0.1) is 0 Å². The molecule has 0 spiro atoms. The van der Waals surface area contributed by atoms with Crippen LogP contribution in [0.4, 0.5) is 0 Å². The highest BCUT2D eigenvalue weighted by Gasteiger charge is 2.37. The van der Waals surface area contributed by atoms with E-state index in [2.05, 4.69) is 183 Å². The highest BCUT2D eigenvalue weighted by Crippen LogP contribution is 2.45. The van der Waals surface area contributed by atoms with E-state index in [1.165, 1.54) is 55.1 Å². The molecule has 4 heterocycles. The molecule has 4 aromatic heterocycles. The van der Waals surface area contributed by atoms with Gasteiger partial charge in [-0.2, -0.15) is 0 Å². The SMILES string of the molecule is C1=CC(c2ccccc2)(c2ccccc2)Cc2c[nH]c(-c3cncs3)c21.C1=CC(c2ccccc2)(c2ccccc2)Cc2c[nH]c(-c3ncc[nH]3)c21. The number of fused-ring (bicyclic) bond motifs is 2. The van der Waals surface area contributed by atoms with Crippen LogP contribution >= 0.6 is 11.3 Å². The van der Waals surface area contributed by atoms with Gasteiger partial charge in [-0.05, 0) is 46.2 Å². The number of benzene rings is 4. The lowest BCUT2D eigenvalue weighted by atomic mass is 9.68.